The van der Waals surface area contributed by atoms with Crippen LogP contribution in [0.25, 0.3) is 0 Å². The Kier molecular flexibility index (Phi) is 3.88. The molecule has 0 radical (unpaired) electrons. The molecule has 0 aliphatic heterocycles. The lowest BCUT2D eigenvalue weighted by molar-refractivity contribution is -0.693. The minimum atomic E-state index is -0.786. The first-order chi connectivity index (χ1) is 7.10. The number of aromatic nitrogens is 2. The first kappa shape index (κ1) is 11.8. The van der Waals surface area contributed by atoms with Crippen LogP contribution in [0, 0.1) is 6.92 Å². The van der Waals surface area contributed by atoms with Gasteiger partial charge in [0.2, 0.25) is 0 Å². The monoisotopic (exact) mass is 211 g/mol. The molecule has 1 aromatic heterocycles. The van der Waals surface area contributed by atoms with Crippen molar-refractivity contribution in [3.63, 3.8) is 0 Å². The van der Waals surface area contributed by atoms with Gasteiger partial charge in [-0.3, -0.25) is 0 Å². The summed E-state index contributed by atoms with van der Waals surface area (Å²) in [6.45, 7) is 7.16. The minimum absolute atomic E-state index is 0.0587. The topological polar surface area (TPSA) is 46.1 Å². The van der Waals surface area contributed by atoms with Gasteiger partial charge in [0.15, 0.2) is 6.54 Å². The molecular formula is C11H19N2O2+. The molecule has 1 aromatic rings. The number of carboxylic acid groups (broad SMARTS) is 1. The van der Waals surface area contributed by atoms with Crippen molar-refractivity contribution >= 4 is 5.97 Å². The van der Waals surface area contributed by atoms with Crippen LogP contribution in [0.1, 0.15) is 31.8 Å². The second-order valence-electron chi connectivity index (χ2n) is 3.70. The third kappa shape index (κ3) is 2.58. The fraction of sp³-hybridized carbons (Fsp3) is 0.636. The molecule has 0 saturated heterocycles. The molecule has 1 rings (SSSR count). The normalized spacial score (nSPS) is 10.6. The Balaban J connectivity index is 3.08. The van der Waals surface area contributed by atoms with Crippen LogP contribution in [0.5, 0.6) is 0 Å². The molecule has 1 heterocycles. The molecule has 0 bridgehead atoms. The molecule has 0 unspecified atom stereocenters. The quantitative estimate of drug-likeness (QED) is 0.742. The fourth-order valence-corrected chi connectivity index (χ4v) is 1.95. The summed E-state index contributed by atoms with van der Waals surface area (Å²) in [4.78, 5) is 10.7. The van der Waals surface area contributed by atoms with E-state index < -0.39 is 5.97 Å². The van der Waals surface area contributed by atoms with Gasteiger partial charge < -0.3 is 5.11 Å². The molecule has 1 N–H and O–H groups in total. The number of carbonyl (C=O) groups is 1. The van der Waals surface area contributed by atoms with Gasteiger partial charge in [-0.05, 0) is 13.3 Å². The smallest absolute Gasteiger partial charge is 0.346 e. The van der Waals surface area contributed by atoms with E-state index in [4.69, 9.17) is 5.11 Å². The zero-order valence-corrected chi connectivity index (χ0v) is 9.66. The van der Waals surface area contributed by atoms with Crippen LogP contribution in [-0.2, 0) is 24.3 Å². The number of imidazole rings is 1. The Bertz CT molecular complexity index is 356. The number of hydrogen-bond donors (Lipinski definition) is 1. The Morgan fingerprint density at radius 2 is 2.20 bits per heavy atom. The van der Waals surface area contributed by atoms with E-state index in [9.17, 15) is 4.79 Å². The summed E-state index contributed by atoms with van der Waals surface area (Å²) in [6, 6.07) is 0. The second kappa shape index (κ2) is 4.96. The maximum absolute atomic E-state index is 10.7. The zero-order chi connectivity index (χ0) is 11.4. The number of nitrogens with zero attached hydrogens (tertiary/aromatic N) is 2. The van der Waals surface area contributed by atoms with Crippen LogP contribution in [0.15, 0.2) is 6.20 Å². The summed E-state index contributed by atoms with van der Waals surface area (Å²) in [5.41, 5.74) is 1.13. The van der Waals surface area contributed by atoms with Crippen LogP contribution >= 0.6 is 0 Å². The number of rotatable bonds is 5. The molecular weight excluding hydrogens is 192 g/mol. The summed E-state index contributed by atoms with van der Waals surface area (Å²) in [6.07, 6.45) is 3.88. The third-order valence-electron chi connectivity index (χ3n) is 2.51. The van der Waals surface area contributed by atoms with Gasteiger partial charge in [-0.25, -0.2) is 13.9 Å². The highest BCUT2D eigenvalue weighted by molar-refractivity contribution is 5.64. The van der Waals surface area contributed by atoms with Crippen molar-refractivity contribution in [3.05, 3.63) is 17.7 Å². The SMILES string of the molecule is CCCc1n(CC)c(C)c[n+]1CC(=O)O. The van der Waals surface area contributed by atoms with Gasteiger partial charge in [-0.2, -0.15) is 0 Å². The summed E-state index contributed by atoms with van der Waals surface area (Å²) >= 11 is 0. The highest BCUT2D eigenvalue weighted by atomic mass is 16.4. The number of aryl methyl sites for hydroxylation is 1. The van der Waals surface area contributed by atoms with E-state index in [-0.39, 0.29) is 6.54 Å². The van der Waals surface area contributed by atoms with Gasteiger partial charge in [0.1, 0.15) is 11.9 Å². The lowest BCUT2D eigenvalue weighted by Crippen LogP contribution is -2.40. The summed E-state index contributed by atoms with van der Waals surface area (Å²) in [5.74, 6) is 0.325. The van der Waals surface area contributed by atoms with Crippen LogP contribution in [-0.4, -0.2) is 15.6 Å². The van der Waals surface area contributed by atoms with E-state index in [2.05, 4.69) is 18.4 Å². The molecule has 4 nitrogen and oxygen atoms in total. The molecule has 4 heteroatoms. The van der Waals surface area contributed by atoms with Gasteiger partial charge in [0.05, 0.1) is 6.54 Å². The molecule has 0 spiro atoms. The number of hydrogen-bond acceptors (Lipinski definition) is 1. The van der Waals surface area contributed by atoms with Crippen LogP contribution < -0.4 is 4.57 Å². The molecule has 0 atom stereocenters. The van der Waals surface area contributed by atoms with Gasteiger partial charge in [0, 0.05) is 13.3 Å². The van der Waals surface area contributed by atoms with Crippen LogP contribution in [0.2, 0.25) is 0 Å². The predicted molar refractivity (Wildman–Crippen MR) is 56.7 cm³/mol. The Morgan fingerprint density at radius 1 is 1.53 bits per heavy atom. The third-order valence-corrected chi connectivity index (χ3v) is 2.51. The summed E-state index contributed by atoms with van der Waals surface area (Å²) < 4.78 is 4.01. The molecule has 0 aliphatic rings. The zero-order valence-electron chi connectivity index (χ0n) is 9.66. The van der Waals surface area contributed by atoms with Crippen molar-refractivity contribution in [2.24, 2.45) is 0 Å². The maximum Gasteiger partial charge on any atom is 0.346 e. The van der Waals surface area contributed by atoms with Crippen LogP contribution in [0.4, 0.5) is 0 Å². The van der Waals surface area contributed by atoms with Crippen molar-refractivity contribution in [1.29, 1.82) is 0 Å². The predicted octanol–water partition coefficient (Wildman–Crippen LogP) is 1.14. The second-order valence-corrected chi connectivity index (χ2v) is 3.70. The van der Waals surface area contributed by atoms with Crippen LogP contribution in [0.3, 0.4) is 0 Å². The van der Waals surface area contributed by atoms with E-state index >= 15 is 0 Å². The lowest BCUT2D eigenvalue weighted by atomic mass is 10.3. The molecule has 0 saturated carbocycles. The number of carboxylic acids is 1. The average Bonchev–Trinajstić information content (AvgIpc) is 2.42. The first-order valence-electron chi connectivity index (χ1n) is 5.40. The average molecular weight is 211 g/mol. The largest absolute Gasteiger partial charge is 0.478 e. The molecule has 15 heavy (non-hydrogen) atoms. The fourth-order valence-electron chi connectivity index (χ4n) is 1.95. The molecule has 0 aliphatic carbocycles. The lowest BCUT2D eigenvalue weighted by Gasteiger charge is -2.00. The Labute approximate surface area is 90.2 Å². The van der Waals surface area contributed by atoms with E-state index in [1.165, 1.54) is 0 Å². The van der Waals surface area contributed by atoms with Crippen molar-refractivity contribution in [1.82, 2.24) is 4.57 Å². The highest BCUT2D eigenvalue weighted by Crippen LogP contribution is 2.05. The minimum Gasteiger partial charge on any atom is -0.478 e. The summed E-state index contributed by atoms with van der Waals surface area (Å²) in [5, 5.41) is 8.80. The first-order valence-corrected chi connectivity index (χ1v) is 5.40. The standard InChI is InChI=1S/C11H18N2O2/c1-4-6-10-12(8-11(14)15)7-9(3)13(10)5-2/h7H,4-6,8H2,1-3H3/p+1. The molecule has 0 aromatic carbocycles. The van der Waals surface area contributed by atoms with Crippen molar-refractivity contribution in [2.75, 3.05) is 0 Å². The van der Waals surface area contributed by atoms with E-state index in [0.29, 0.717) is 0 Å². The molecule has 84 valence electrons. The van der Waals surface area contributed by atoms with E-state index in [1.54, 1.807) is 0 Å². The van der Waals surface area contributed by atoms with Gasteiger partial charge in [-0.15, -0.1) is 0 Å². The Morgan fingerprint density at radius 3 is 2.67 bits per heavy atom. The van der Waals surface area contributed by atoms with Crippen molar-refractivity contribution in [2.45, 2.75) is 46.7 Å². The van der Waals surface area contributed by atoms with E-state index in [0.717, 1.165) is 30.9 Å². The van der Waals surface area contributed by atoms with Gasteiger partial charge in [-0.1, -0.05) is 6.92 Å². The number of aliphatic carboxylic acids is 1. The molecule has 0 fully saturated rings. The highest BCUT2D eigenvalue weighted by Gasteiger charge is 2.20. The Hall–Kier alpha value is -1.32. The van der Waals surface area contributed by atoms with Crippen molar-refractivity contribution < 1.29 is 14.5 Å². The summed E-state index contributed by atoms with van der Waals surface area (Å²) in [7, 11) is 0. The maximum atomic E-state index is 10.7. The van der Waals surface area contributed by atoms with E-state index in [1.807, 2.05) is 17.7 Å². The molecule has 0 amide bonds. The van der Waals surface area contributed by atoms with Gasteiger partial charge in [0.25, 0.3) is 5.82 Å². The van der Waals surface area contributed by atoms with Gasteiger partial charge >= 0.3 is 5.97 Å². The van der Waals surface area contributed by atoms with Crippen molar-refractivity contribution in [3.8, 4) is 0 Å².